The molecule has 0 aromatic carbocycles. The molecule has 6 aromatic rings. The van der Waals surface area contributed by atoms with Gasteiger partial charge in [-0.3, -0.25) is 4.68 Å². The van der Waals surface area contributed by atoms with Crippen LogP contribution >= 0.6 is 0 Å². The molecule has 0 amide bonds. The molecule has 0 fully saturated rings. The number of allylic oxidation sites excluding steroid dienone is 3. The van der Waals surface area contributed by atoms with Crippen molar-refractivity contribution in [3.05, 3.63) is 128 Å². The number of aryl methyl sites for hydroxylation is 7. The van der Waals surface area contributed by atoms with E-state index in [1.54, 1.807) is 55.3 Å². The van der Waals surface area contributed by atoms with E-state index in [4.69, 9.17) is 38.0 Å². The fraction of sp³-hybridized carbons (Fsp3) is 0.623. The summed E-state index contributed by atoms with van der Waals surface area (Å²) in [6.45, 7) is 40.3. The quantitative estimate of drug-likeness (QED) is 0.00872. The minimum atomic E-state index is 0. The molecule has 0 spiro atoms. The highest BCUT2D eigenvalue weighted by Gasteiger charge is 2.02. The van der Waals surface area contributed by atoms with Crippen LogP contribution in [0.5, 0.6) is 0 Å². The highest BCUT2D eigenvalue weighted by molar-refractivity contribution is 5.18. The van der Waals surface area contributed by atoms with E-state index in [1.165, 1.54) is 19.1 Å². The van der Waals surface area contributed by atoms with E-state index >= 15 is 0 Å². The summed E-state index contributed by atoms with van der Waals surface area (Å²) in [5.74, 6) is 0. The smallest absolute Gasteiger partial charge is 0.125 e. The Bertz CT molecular complexity index is 2560. The van der Waals surface area contributed by atoms with E-state index in [0.29, 0.717) is 99.0 Å². The first kappa shape index (κ1) is 84.8. The first-order valence-corrected chi connectivity index (χ1v) is 29.6. The van der Waals surface area contributed by atoms with Gasteiger partial charge in [0.2, 0.25) is 0 Å². The molecule has 27 heteroatoms. The Morgan fingerprint density at radius 1 is 0.432 bits per heavy atom. The first-order valence-electron chi connectivity index (χ1n) is 29.6. The lowest BCUT2D eigenvalue weighted by atomic mass is 10.3. The van der Waals surface area contributed by atoms with Gasteiger partial charge in [0, 0.05) is 44.6 Å². The standard InChI is InChI=1S/C13H25N3O4.C11H19N3O3.C11H19N3O2.C8H15N3.C8H11N3.C6H9N3.C2H4.2CH4/c1-3-13-12-16(15-14-13)4-5-18-8-9-20-11-10-19-7-6-17-2;1-3-6-16-17-9-8-15-7-5-14-10-11(4-2)12-13-14;1-3-6-15-8-9-16-7-5-14-10-11(4-2)12-13-14;2*1-3-5-6-11-7-8(4-2)9-10-11;1-3-6-5-9(4-2)8-7-6;1-2;;/h12H,3-11H2,1-2H3;3,6,10H,4-5,7-9H2,1-2H3;3,6,10H,4-5,7-9H2,1-2H3;7H,3-6H2,1-2H3;3,6-7H,4H2,1-2H3;4-5H,2-3H2,1H3;1-2H2;2*1H4/b;6-3-;6-3+;;;;;;. The SMILES string of the molecule is C.C.C/C=C/OCCOCCn1cc(CC)nn1.C/C=C\OOCCOCCn1cc(CC)nn1.C=C.C=Cn1cc(CC)nn1.CC=C=Cn1cc(CC)nn1.CCCCn1cc(CC)nn1.CCc1cn(CCOCCOCCOCCOC)nn1. The number of nitrogens with zero attached hydrogens (tertiary/aromatic N) is 18. The number of rotatable bonds is 38. The first-order chi connectivity index (χ1) is 42.2. The molecule has 88 heavy (non-hydrogen) atoms. The summed E-state index contributed by atoms with van der Waals surface area (Å²) in [6.07, 6.45) is 31.4. The zero-order valence-corrected chi connectivity index (χ0v) is 53.5. The van der Waals surface area contributed by atoms with Crippen LogP contribution in [0.25, 0.3) is 12.4 Å². The highest BCUT2D eigenvalue weighted by Crippen LogP contribution is 1.99. The maximum absolute atomic E-state index is 5.45. The largest absolute Gasteiger partial charge is 0.499 e. The number of unbranched alkanes of at least 4 members (excludes halogenated alkanes) is 1. The van der Waals surface area contributed by atoms with E-state index in [0.717, 1.165) is 85.8 Å². The number of hydrogen-bond donors (Lipinski definition) is 0. The molecule has 6 heterocycles. The average molecular weight is 1240 g/mol. The van der Waals surface area contributed by atoms with E-state index in [2.05, 4.69) is 120 Å². The number of ether oxygens (including phenoxy) is 7. The van der Waals surface area contributed by atoms with Gasteiger partial charge >= 0.3 is 0 Å². The number of methoxy groups -OCH3 is 1. The molecule has 0 bridgehead atoms. The second-order valence-electron chi connectivity index (χ2n) is 17.3. The Hall–Kier alpha value is -7.36. The van der Waals surface area contributed by atoms with Crippen LogP contribution in [0.3, 0.4) is 0 Å². The van der Waals surface area contributed by atoms with Crippen molar-refractivity contribution >= 4 is 12.4 Å². The third kappa shape index (κ3) is 46.8. The Balaban J connectivity index is -0.000000992. The topological polar surface area (TPSA) is 267 Å². The molecule has 6 aromatic heterocycles. The number of aromatic nitrogens is 18. The van der Waals surface area contributed by atoms with Crippen molar-refractivity contribution in [3.63, 3.8) is 0 Å². The van der Waals surface area contributed by atoms with Crippen LogP contribution in [0.4, 0.5) is 0 Å². The summed E-state index contributed by atoms with van der Waals surface area (Å²) >= 11 is 0. The molecule has 0 N–H and O–H groups in total. The molecule has 0 saturated heterocycles. The minimum Gasteiger partial charge on any atom is -0.499 e. The van der Waals surface area contributed by atoms with Gasteiger partial charge in [0.1, 0.15) is 19.5 Å². The third-order valence-electron chi connectivity index (χ3n) is 10.7. The van der Waals surface area contributed by atoms with E-state index in [-0.39, 0.29) is 14.9 Å². The summed E-state index contributed by atoms with van der Waals surface area (Å²) in [4.78, 5) is 9.48. The van der Waals surface area contributed by atoms with Gasteiger partial charge < -0.3 is 38.0 Å². The fourth-order valence-corrected chi connectivity index (χ4v) is 5.88. The van der Waals surface area contributed by atoms with Crippen molar-refractivity contribution in [2.75, 3.05) is 93.0 Å². The van der Waals surface area contributed by atoms with Crippen LogP contribution in [0.1, 0.15) is 131 Å². The van der Waals surface area contributed by atoms with Crippen molar-refractivity contribution in [2.45, 2.75) is 162 Å². The number of hydrogen-bond acceptors (Lipinski definition) is 21. The fourth-order valence-electron chi connectivity index (χ4n) is 5.88. The predicted molar refractivity (Wildman–Crippen MR) is 346 cm³/mol. The Morgan fingerprint density at radius 3 is 1.14 bits per heavy atom. The lowest BCUT2D eigenvalue weighted by molar-refractivity contribution is -0.255. The van der Waals surface area contributed by atoms with Gasteiger partial charge in [0.15, 0.2) is 0 Å². The van der Waals surface area contributed by atoms with Gasteiger partial charge in [-0.05, 0) is 77.9 Å². The molecule has 27 nitrogen and oxygen atoms in total. The Labute approximate surface area is 525 Å². The summed E-state index contributed by atoms with van der Waals surface area (Å²) < 4.78 is 47.3. The Kier molecular flexibility index (Phi) is 60.4. The maximum atomic E-state index is 5.45. The molecule has 0 saturated carbocycles. The monoisotopic (exact) mass is 1240 g/mol. The van der Waals surface area contributed by atoms with Crippen molar-refractivity contribution < 1.29 is 42.9 Å². The van der Waals surface area contributed by atoms with Crippen LogP contribution in [0.15, 0.2) is 93.4 Å². The van der Waals surface area contributed by atoms with Gasteiger partial charge in [-0.2, -0.15) is 4.89 Å². The minimum absolute atomic E-state index is 0. The second kappa shape index (κ2) is 62.7. The van der Waals surface area contributed by atoms with Gasteiger partial charge in [-0.15, -0.1) is 49.5 Å². The average Bonchev–Trinajstić information content (AvgIpc) is 4.65. The zero-order valence-electron chi connectivity index (χ0n) is 53.5. The lowest BCUT2D eigenvalue weighted by Gasteiger charge is -2.06. The molecule has 6 rings (SSSR count). The molecule has 498 valence electrons. The predicted octanol–water partition coefficient (Wildman–Crippen LogP) is 9.43. The molecule has 0 aliphatic heterocycles. The van der Waals surface area contributed by atoms with Crippen LogP contribution < -0.4 is 0 Å². The van der Waals surface area contributed by atoms with Crippen molar-refractivity contribution in [3.8, 4) is 0 Å². The van der Waals surface area contributed by atoms with Gasteiger partial charge in [0.25, 0.3) is 0 Å². The molecule has 0 aliphatic carbocycles. The highest BCUT2D eigenvalue weighted by atomic mass is 17.2. The van der Waals surface area contributed by atoms with E-state index in [9.17, 15) is 0 Å². The summed E-state index contributed by atoms with van der Waals surface area (Å²) in [5.41, 5.74) is 9.00. The summed E-state index contributed by atoms with van der Waals surface area (Å²) in [7, 11) is 1.65. The van der Waals surface area contributed by atoms with E-state index in [1.807, 2.05) is 95.6 Å². The van der Waals surface area contributed by atoms with E-state index < -0.39 is 0 Å². The van der Waals surface area contributed by atoms with Crippen LogP contribution in [-0.2, 0) is 108 Å². The molecular weight excluding hydrogens is 1130 g/mol. The maximum Gasteiger partial charge on any atom is 0.125 e. The van der Waals surface area contributed by atoms with Crippen LogP contribution in [-0.4, -0.2) is 183 Å². The normalized spacial score (nSPS) is 10.1. The molecule has 0 aliphatic rings. The third-order valence-corrected chi connectivity index (χ3v) is 10.7. The molecular formula is C61H110N18O9. The molecule has 0 atom stereocenters. The zero-order chi connectivity index (χ0) is 63.4. The van der Waals surface area contributed by atoms with Crippen LogP contribution in [0, 0.1) is 0 Å². The van der Waals surface area contributed by atoms with Gasteiger partial charge in [-0.25, -0.2) is 23.4 Å². The lowest BCUT2D eigenvalue weighted by Crippen LogP contribution is -2.13. The van der Waals surface area contributed by atoms with Crippen molar-refractivity contribution in [2.24, 2.45) is 0 Å². The van der Waals surface area contributed by atoms with Crippen LogP contribution in [0.2, 0.25) is 0 Å². The molecule has 0 unspecified atom stereocenters. The van der Waals surface area contributed by atoms with Crippen molar-refractivity contribution in [1.82, 2.24) is 90.0 Å². The summed E-state index contributed by atoms with van der Waals surface area (Å²) in [5, 5.41) is 47.3. The van der Waals surface area contributed by atoms with Crippen molar-refractivity contribution in [1.29, 1.82) is 0 Å². The second-order valence-corrected chi connectivity index (χ2v) is 17.3. The summed E-state index contributed by atoms with van der Waals surface area (Å²) in [6, 6.07) is 0. The molecule has 0 radical (unpaired) electrons. The van der Waals surface area contributed by atoms with Gasteiger partial charge in [-0.1, -0.05) is 114 Å². The Morgan fingerprint density at radius 2 is 0.784 bits per heavy atom. The van der Waals surface area contributed by atoms with Gasteiger partial charge in [0.05, 0.1) is 151 Å².